The monoisotopic (exact) mass is 332 g/mol. The number of carbonyl (C=O) groups is 1. The van der Waals surface area contributed by atoms with Crippen molar-refractivity contribution in [2.75, 3.05) is 25.1 Å². The zero-order valence-electron chi connectivity index (χ0n) is 11.4. The molecule has 1 N–H and O–H groups in total. The van der Waals surface area contributed by atoms with Crippen LogP contribution in [-0.4, -0.2) is 41.9 Å². The lowest BCUT2D eigenvalue weighted by Gasteiger charge is -2.25. The van der Waals surface area contributed by atoms with Gasteiger partial charge < -0.3 is 10.2 Å². The van der Waals surface area contributed by atoms with Gasteiger partial charge in [0.05, 0.1) is 10.0 Å². The lowest BCUT2D eigenvalue weighted by Crippen LogP contribution is -2.41. The summed E-state index contributed by atoms with van der Waals surface area (Å²) in [5.41, 5.74) is 0.987. The summed E-state index contributed by atoms with van der Waals surface area (Å²) in [4.78, 5) is 13.9. The molecule has 1 saturated heterocycles. The number of hydrogen-bond acceptors (Lipinski definition) is 3. The SMILES string of the molecule is CN(Cc1ccc(Cl)c(Cl)c1)C(=O)CC1CSCCN1. The molecule has 0 radical (unpaired) electrons. The summed E-state index contributed by atoms with van der Waals surface area (Å²) in [7, 11) is 1.82. The minimum absolute atomic E-state index is 0.149. The van der Waals surface area contributed by atoms with Crippen LogP contribution < -0.4 is 5.32 Å². The molecule has 0 spiro atoms. The average Bonchev–Trinajstić information content (AvgIpc) is 2.44. The molecule has 6 heteroatoms. The van der Waals surface area contributed by atoms with Gasteiger partial charge in [-0.3, -0.25) is 4.79 Å². The molecule has 0 saturated carbocycles. The first-order valence-electron chi connectivity index (χ1n) is 6.55. The summed E-state index contributed by atoms with van der Waals surface area (Å²) in [6.07, 6.45) is 0.546. The van der Waals surface area contributed by atoms with Crippen molar-refractivity contribution in [1.82, 2.24) is 10.2 Å². The minimum Gasteiger partial charge on any atom is -0.341 e. The number of benzene rings is 1. The lowest BCUT2D eigenvalue weighted by atomic mass is 10.2. The van der Waals surface area contributed by atoms with Crippen molar-refractivity contribution in [2.24, 2.45) is 0 Å². The maximum atomic E-state index is 12.2. The lowest BCUT2D eigenvalue weighted by molar-refractivity contribution is -0.130. The predicted molar refractivity (Wildman–Crippen MR) is 86.7 cm³/mol. The number of rotatable bonds is 4. The van der Waals surface area contributed by atoms with Crippen molar-refractivity contribution >= 4 is 40.9 Å². The van der Waals surface area contributed by atoms with Crippen molar-refractivity contribution in [1.29, 1.82) is 0 Å². The van der Waals surface area contributed by atoms with E-state index in [4.69, 9.17) is 23.2 Å². The van der Waals surface area contributed by atoms with Crippen molar-refractivity contribution in [3.8, 4) is 0 Å². The van der Waals surface area contributed by atoms with E-state index in [1.165, 1.54) is 0 Å². The zero-order valence-corrected chi connectivity index (χ0v) is 13.7. The van der Waals surface area contributed by atoms with E-state index in [1.807, 2.05) is 30.9 Å². The molecule has 0 aliphatic carbocycles. The molecule has 1 atom stereocenters. The molecule has 1 aliphatic rings. The maximum absolute atomic E-state index is 12.2. The number of hydrogen-bond donors (Lipinski definition) is 1. The first kappa shape index (κ1) is 16.0. The van der Waals surface area contributed by atoms with Gasteiger partial charge >= 0.3 is 0 Å². The summed E-state index contributed by atoms with van der Waals surface area (Å²) < 4.78 is 0. The minimum atomic E-state index is 0.149. The quantitative estimate of drug-likeness (QED) is 0.919. The molecule has 3 nitrogen and oxygen atoms in total. The molecule has 1 fully saturated rings. The van der Waals surface area contributed by atoms with Crippen LogP contribution in [0.5, 0.6) is 0 Å². The Balaban J connectivity index is 1.88. The summed E-state index contributed by atoms with van der Waals surface area (Å²) in [5, 5.41) is 4.44. The second kappa shape index (κ2) is 7.55. The predicted octanol–water partition coefficient (Wildman–Crippen LogP) is 3.05. The Morgan fingerprint density at radius 2 is 2.25 bits per heavy atom. The third kappa shape index (κ3) is 4.55. The topological polar surface area (TPSA) is 32.3 Å². The van der Waals surface area contributed by atoms with Crippen LogP contribution in [0.25, 0.3) is 0 Å². The van der Waals surface area contributed by atoms with E-state index in [-0.39, 0.29) is 11.9 Å². The highest BCUT2D eigenvalue weighted by molar-refractivity contribution is 7.99. The Kier molecular flexibility index (Phi) is 6.02. The van der Waals surface area contributed by atoms with Gasteiger partial charge in [0.1, 0.15) is 0 Å². The van der Waals surface area contributed by atoms with Crippen LogP contribution in [0, 0.1) is 0 Å². The molecule has 0 aromatic heterocycles. The molecule has 0 bridgehead atoms. The van der Waals surface area contributed by atoms with Crippen molar-refractivity contribution in [2.45, 2.75) is 19.0 Å². The number of thioether (sulfide) groups is 1. The van der Waals surface area contributed by atoms with Crippen LogP contribution in [0.2, 0.25) is 10.0 Å². The van der Waals surface area contributed by atoms with E-state index in [0.29, 0.717) is 23.0 Å². The van der Waals surface area contributed by atoms with Gasteiger partial charge in [0.2, 0.25) is 5.91 Å². The highest BCUT2D eigenvalue weighted by atomic mass is 35.5. The molecule has 20 heavy (non-hydrogen) atoms. The molecule has 1 aromatic carbocycles. The fourth-order valence-corrected chi connectivity index (χ4v) is 3.39. The van der Waals surface area contributed by atoms with Crippen LogP contribution in [0.1, 0.15) is 12.0 Å². The molecule has 1 heterocycles. The van der Waals surface area contributed by atoms with Gasteiger partial charge in [-0.25, -0.2) is 0 Å². The number of halogens is 2. The van der Waals surface area contributed by atoms with E-state index >= 15 is 0 Å². The summed E-state index contributed by atoms with van der Waals surface area (Å²) in [6.45, 7) is 1.54. The van der Waals surface area contributed by atoms with Gasteiger partial charge in [0.15, 0.2) is 0 Å². The highest BCUT2D eigenvalue weighted by Crippen LogP contribution is 2.23. The Bertz CT molecular complexity index is 478. The average molecular weight is 333 g/mol. The Hall–Kier alpha value is -0.420. The van der Waals surface area contributed by atoms with Gasteiger partial charge in [-0.05, 0) is 17.7 Å². The van der Waals surface area contributed by atoms with Crippen LogP contribution in [-0.2, 0) is 11.3 Å². The van der Waals surface area contributed by atoms with Crippen LogP contribution in [0.15, 0.2) is 18.2 Å². The number of amides is 1. The van der Waals surface area contributed by atoms with Crippen molar-refractivity contribution in [3.05, 3.63) is 33.8 Å². The molecule has 1 amide bonds. The third-order valence-corrected chi connectivity index (χ3v) is 5.12. The first-order chi connectivity index (χ1) is 9.56. The number of carbonyl (C=O) groups excluding carboxylic acids is 1. The molecule has 1 aromatic rings. The first-order valence-corrected chi connectivity index (χ1v) is 8.46. The standard InChI is InChI=1S/C14H18Cl2N2OS/c1-18(8-10-2-3-12(15)13(16)6-10)14(19)7-11-9-20-5-4-17-11/h2-3,6,11,17H,4-5,7-9H2,1H3. The van der Waals surface area contributed by atoms with E-state index in [2.05, 4.69) is 5.32 Å². The van der Waals surface area contributed by atoms with E-state index in [1.54, 1.807) is 11.0 Å². The zero-order chi connectivity index (χ0) is 14.5. The second-order valence-corrected chi connectivity index (χ2v) is 6.89. The Labute approximate surface area is 134 Å². The largest absolute Gasteiger partial charge is 0.341 e. The Morgan fingerprint density at radius 3 is 2.90 bits per heavy atom. The second-order valence-electron chi connectivity index (χ2n) is 4.93. The van der Waals surface area contributed by atoms with Crippen LogP contribution in [0.3, 0.4) is 0 Å². The smallest absolute Gasteiger partial charge is 0.224 e. The van der Waals surface area contributed by atoms with Crippen LogP contribution in [0.4, 0.5) is 0 Å². The van der Waals surface area contributed by atoms with Crippen molar-refractivity contribution in [3.63, 3.8) is 0 Å². The molecule has 1 aliphatic heterocycles. The maximum Gasteiger partial charge on any atom is 0.224 e. The summed E-state index contributed by atoms with van der Waals surface area (Å²) >= 11 is 13.8. The van der Waals surface area contributed by atoms with Gasteiger partial charge in [0.25, 0.3) is 0 Å². The molecule has 110 valence electrons. The fraction of sp³-hybridized carbons (Fsp3) is 0.500. The van der Waals surface area contributed by atoms with E-state index in [9.17, 15) is 4.79 Å². The molecular formula is C14H18Cl2N2OS. The molecule has 2 rings (SSSR count). The normalized spacial score (nSPS) is 18.9. The number of nitrogens with one attached hydrogen (secondary N) is 1. The van der Waals surface area contributed by atoms with E-state index < -0.39 is 0 Å². The Morgan fingerprint density at radius 1 is 1.45 bits per heavy atom. The summed E-state index contributed by atoms with van der Waals surface area (Å²) in [5.74, 6) is 2.28. The number of nitrogens with zero attached hydrogens (tertiary/aromatic N) is 1. The van der Waals surface area contributed by atoms with Crippen LogP contribution >= 0.6 is 35.0 Å². The van der Waals surface area contributed by atoms with Crippen molar-refractivity contribution < 1.29 is 4.79 Å². The van der Waals surface area contributed by atoms with Gasteiger partial charge in [-0.15, -0.1) is 0 Å². The highest BCUT2D eigenvalue weighted by Gasteiger charge is 2.19. The molecular weight excluding hydrogens is 315 g/mol. The van der Waals surface area contributed by atoms with Gasteiger partial charge in [-0.1, -0.05) is 29.3 Å². The third-order valence-electron chi connectivity index (χ3n) is 3.25. The van der Waals surface area contributed by atoms with Gasteiger partial charge in [-0.2, -0.15) is 11.8 Å². The molecule has 1 unspecified atom stereocenters. The fourth-order valence-electron chi connectivity index (χ4n) is 2.12. The summed E-state index contributed by atoms with van der Waals surface area (Å²) in [6, 6.07) is 5.75. The van der Waals surface area contributed by atoms with E-state index in [0.717, 1.165) is 23.6 Å². The van der Waals surface area contributed by atoms with Gasteiger partial charge in [0, 0.05) is 44.1 Å².